The van der Waals surface area contributed by atoms with Crippen LogP contribution in [0.25, 0.3) is 38.5 Å². The quantitative estimate of drug-likeness (QED) is 0.374. The Morgan fingerprint density at radius 3 is 2.46 bits per heavy atom. The molecule has 0 saturated heterocycles. The van der Waals surface area contributed by atoms with Crippen LogP contribution in [0.1, 0.15) is 5.69 Å². The van der Waals surface area contributed by atoms with Crippen molar-refractivity contribution in [2.75, 3.05) is 0 Å². The molecule has 0 fully saturated rings. The van der Waals surface area contributed by atoms with Gasteiger partial charge in [0.05, 0.1) is 22.2 Å². The molecule has 1 N–H and O–H groups in total. The highest BCUT2D eigenvalue weighted by Gasteiger charge is 2.19. The monoisotopic (exact) mass is 343 g/mol. The zero-order chi connectivity index (χ0) is 17.8. The Balaban J connectivity index is 2.07. The second-order valence-electron chi connectivity index (χ2n) is 6.14. The van der Waals surface area contributed by atoms with Gasteiger partial charge in [-0.05, 0) is 25.1 Å². The maximum absolute atomic E-state index is 13.2. The minimum atomic E-state index is -0.488. The fraction of sp³-hybridized carbons (Fsp3) is 0.0500. The van der Waals surface area contributed by atoms with Crippen molar-refractivity contribution in [2.45, 2.75) is 6.92 Å². The van der Waals surface area contributed by atoms with Gasteiger partial charge < -0.3 is 4.42 Å². The van der Waals surface area contributed by atoms with Crippen LogP contribution in [0.4, 0.5) is 0 Å². The molecule has 0 unspecified atom stereocenters. The van der Waals surface area contributed by atoms with E-state index < -0.39 is 5.63 Å². The van der Waals surface area contributed by atoms with E-state index in [2.05, 4.69) is 10.1 Å². The van der Waals surface area contributed by atoms with E-state index in [-0.39, 0.29) is 5.56 Å². The first-order valence-corrected chi connectivity index (χ1v) is 8.17. The van der Waals surface area contributed by atoms with Gasteiger partial charge >= 0.3 is 5.63 Å². The van der Waals surface area contributed by atoms with Crippen LogP contribution >= 0.6 is 0 Å². The number of fused-ring (bicyclic) bond motifs is 5. The molecule has 3 heterocycles. The number of aryl methyl sites for hydroxylation is 1. The van der Waals surface area contributed by atoms with Crippen molar-refractivity contribution in [3.8, 4) is 5.69 Å². The Bertz CT molecular complexity index is 1430. The van der Waals surface area contributed by atoms with Gasteiger partial charge in [0.2, 0.25) is 0 Å². The summed E-state index contributed by atoms with van der Waals surface area (Å²) < 4.78 is 6.87. The van der Waals surface area contributed by atoms with E-state index >= 15 is 0 Å². The van der Waals surface area contributed by atoms with E-state index in [9.17, 15) is 9.59 Å². The van der Waals surface area contributed by atoms with E-state index in [1.165, 1.54) is 4.68 Å². The smallest absolute Gasteiger partial charge is 0.346 e. The van der Waals surface area contributed by atoms with Crippen LogP contribution in [0.3, 0.4) is 0 Å². The number of rotatable bonds is 1. The Hall–Kier alpha value is -3.67. The fourth-order valence-corrected chi connectivity index (χ4v) is 3.45. The molecule has 5 rings (SSSR count). The number of benzene rings is 2. The van der Waals surface area contributed by atoms with Gasteiger partial charge in [0.15, 0.2) is 5.65 Å². The molecular weight excluding hydrogens is 330 g/mol. The fourth-order valence-electron chi connectivity index (χ4n) is 3.45. The lowest BCUT2D eigenvalue weighted by atomic mass is 10.0. The average molecular weight is 343 g/mol. The number of aromatic amines is 1. The third kappa shape index (κ3) is 1.89. The molecule has 5 aromatic rings. The topological polar surface area (TPSA) is 80.9 Å². The average Bonchev–Trinajstić information content (AvgIpc) is 2.98. The molecule has 0 aliphatic carbocycles. The van der Waals surface area contributed by atoms with E-state index in [4.69, 9.17) is 4.42 Å². The van der Waals surface area contributed by atoms with Gasteiger partial charge in [-0.1, -0.05) is 36.4 Å². The normalized spacial score (nSPS) is 11.6. The molecule has 0 radical (unpaired) electrons. The highest BCUT2D eigenvalue weighted by Crippen LogP contribution is 2.28. The number of hydrogen-bond acceptors (Lipinski definition) is 4. The van der Waals surface area contributed by atoms with Gasteiger partial charge in [0.1, 0.15) is 5.58 Å². The number of aromatic nitrogens is 3. The molecule has 26 heavy (non-hydrogen) atoms. The van der Waals surface area contributed by atoms with Crippen LogP contribution in [-0.4, -0.2) is 14.8 Å². The van der Waals surface area contributed by atoms with Crippen molar-refractivity contribution in [3.63, 3.8) is 0 Å². The predicted octanol–water partition coefficient (Wildman–Crippen LogP) is 3.28. The van der Waals surface area contributed by atoms with E-state index in [0.717, 1.165) is 0 Å². The molecule has 0 aliphatic heterocycles. The van der Waals surface area contributed by atoms with Crippen LogP contribution in [0.5, 0.6) is 0 Å². The molecular formula is C20H13N3O3. The predicted molar refractivity (Wildman–Crippen MR) is 100.0 cm³/mol. The number of pyridine rings is 1. The maximum Gasteiger partial charge on any atom is 0.346 e. The molecule has 6 heteroatoms. The van der Waals surface area contributed by atoms with Gasteiger partial charge in [0, 0.05) is 10.8 Å². The lowest BCUT2D eigenvalue weighted by Gasteiger charge is -2.04. The SMILES string of the molecule is Cc1nc2[nH]n(-c3ccccc3)c(=O)c2c2c1c(=O)oc1ccccc12. The Labute approximate surface area is 146 Å². The second-order valence-corrected chi connectivity index (χ2v) is 6.14. The summed E-state index contributed by atoms with van der Waals surface area (Å²) in [6, 6.07) is 16.5. The van der Waals surface area contributed by atoms with Crippen molar-refractivity contribution < 1.29 is 4.42 Å². The Kier molecular flexibility index (Phi) is 2.91. The highest BCUT2D eigenvalue weighted by atomic mass is 16.4. The van der Waals surface area contributed by atoms with Gasteiger partial charge in [-0.15, -0.1) is 0 Å². The maximum atomic E-state index is 13.2. The van der Waals surface area contributed by atoms with E-state index in [1.54, 1.807) is 19.1 Å². The first-order valence-electron chi connectivity index (χ1n) is 8.17. The molecule has 0 aliphatic rings. The minimum Gasteiger partial charge on any atom is -0.422 e. The van der Waals surface area contributed by atoms with Crippen molar-refractivity contribution in [1.82, 2.24) is 14.8 Å². The minimum absolute atomic E-state index is 0.251. The van der Waals surface area contributed by atoms with Gasteiger partial charge in [-0.2, -0.15) is 0 Å². The van der Waals surface area contributed by atoms with E-state index in [1.807, 2.05) is 42.5 Å². The molecule has 0 spiro atoms. The summed E-state index contributed by atoms with van der Waals surface area (Å²) in [7, 11) is 0. The van der Waals surface area contributed by atoms with Gasteiger partial charge in [-0.3, -0.25) is 9.89 Å². The number of nitrogens with zero attached hydrogens (tertiary/aromatic N) is 2. The molecule has 0 amide bonds. The molecule has 0 bridgehead atoms. The van der Waals surface area contributed by atoms with E-state index in [0.29, 0.717) is 44.2 Å². The first-order chi connectivity index (χ1) is 12.6. The molecule has 2 aromatic carbocycles. The number of hydrogen-bond donors (Lipinski definition) is 1. The number of H-pyrrole nitrogens is 1. The third-order valence-corrected chi connectivity index (χ3v) is 4.59. The molecule has 3 aromatic heterocycles. The Morgan fingerprint density at radius 1 is 0.923 bits per heavy atom. The molecule has 126 valence electrons. The number of para-hydroxylation sites is 2. The molecule has 6 nitrogen and oxygen atoms in total. The second kappa shape index (κ2) is 5.16. The summed E-state index contributed by atoms with van der Waals surface area (Å²) >= 11 is 0. The summed E-state index contributed by atoms with van der Waals surface area (Å²) in [6.07, 6.45) is 0. The summed E-state index contributed by atoms with van der Waals surface area (Å²) in [5.74, 6) is 0. The summed E-state index contributed by atoms with van der Waals surface area (Å²) in [4.78, 5) is 30.1. The highest BCUT2D eigenvalue weighted by molar-refractivity contribution is 6.17. The van der Waals surface area contributed by atoms with Crippen LogP contribution in [0, 0.1) is 6.92 Å². The van der Waals surface area contributed by atoms with Crippen molar-refractivity contribution in [2.24, 2.45) is 0 Å². The summed E-state index contributed by atoms with van der Waals surface area (Å²) in [6.45, 7) is 1.74. The van der Waals surface area contributed by atoms with Crippen LogP contribution in [0.15, 0.2) is 68.6 Å². The summed E-state index contributed by atoms with van der Waals surface area (Å²) in [5, 5.41) is 5.08. The standard InChI is InChI=1S/C20H13N3O3/c1-11-15-16(13-9-5-6-10-14(13)26-20(15)25)17-18(21-11)22-23(19(17)24)12-7-3-2-4-8-12/h2-10H,1H3,(H,21,22). The third-order valence-electron chi connectivity index (χ3n) is 4.59. The van der Waals surface area contributed by atoms with Gasteiger partial charge in [0.25, 0.3) is 5.56 Å². The van der Waals surface area contributed by atoms with Crippen LogP contribution in [0.2, 0.25) is 0 Å². The van der Waals surface area contributed by atoms with Crippen LogP contribution < -0.4 is 11.2 Å². The van der Waals surface area contributed by atoms with Crippen LogP contribution in [-0.2, 0) is 0 Å². The zero-order valence-electron chi connectivity index (χ0n) is 13.8. The summed E-state index contributed by atoms with van der Waals surface area (Å²) in [5.41, 5.74) is 1.38. The largest absolute Gasteiger partial charge is 0.422 e. The lowest BCUT2D eigenvalue weighted by Crippen LogP contribution is -2.14. The van der Waals surface area contributed by atoms with Crippen molar-refractivity contribution >= 4 is 32.8 Å². The molecule has 0 atom stereocenters. The molecule has 0 saturated carbocycles. The van der Waals surface area contributed by atoms with Gasteiger partial charge in [-0.25, -0.2) is 14.5 Å². The number of nitrogens with one attached hydrogen (secondary N) is 1. The zero-order valence-corrected chi connectivity index (χ0v) is 13.8. The lowest BCUT2D eigenvalue weighted by molar-refractivity contribution is 0.569. The van der Waals surface area contributed by atoms with Crippen molar-refractivity contribution in [3.05, 3.63) is 81.1 Å². The van der Waals surface area contributed by atoms with Crippen molar-refractivity contribution in [1.29, 1.82) is 0 Å². The Morgan fingerprint density at radius 2 is 1.65 bits per heavy atom. The first kappa shape index (κ1) is 14.7.